The second kappa shape index (κ2) is 7.57. The zero-order valence-corrected chi connectivity index (χ0v) is 15.7. The van der Waals surface area contributed by atoms with E-state index >= 15 is 0 Å². The number of likely N-dealkylation sites (N-methyl/N-ethyl adjacent to an activating group) is 1. The van der Waals surface area contributed by atoms with Gasteiger partial charge in [0, 0.05) is 24.7 Å². The average molecular weight is 405 g/mol. The monoisotopic (exact) mass is 405 g/mol. The lowest BCUT2D eigenvalue weighted by Gasteiger charge is -2.23. The fourth-order valence-corrected chi connectivity index (χ4v) is 3.13. The predicted octanol–water partition coefficient (Wildman–Crippen LogP) is 2.53. The molecule has 1 unspecified atom stereocenters. The van der Waals surface area contributed by atoms with E-state index < -0.39 is 47.4 Å². The molecule has 2 aromatic rings. The molecule has 0 saturated carbocycles. The first-order valence-corrected chi connectivity index (χ1v) is 8.70. The largest absolute Gasteiger partial charge is 0.340 e. The normalized spacial score (nSPS) is 18.7. The van der Waals surface area contributed by atoms with Gasteiger partial charge in [-0.05, 0) is 31.2 Å². The number of imide groups is 1. The Morgan fingerprint density at radius 1 is 1.10 bits per heavy atom. The number of hydrogen-bond acceptors (Lipinski definition) is 3. The van der Waals surface area contributed by atoms with Gasteiger partial charge in [0.2, 0.25) is 5.91 Å². The van der Waals surface area contributed by atoms with Crippen LogP contribution in [0.2, 0.25) is 0 Å². The zero-order chi connectivity index (χ0) is 21.3. The summed E-state index contributed by atoms with van der Waals surface area (Å²) in [6.07, 6.45) is 0. The van der Waals surface area contributed by atoms with Gasteiger partial charge in [0.05, 0.1) is 0 Å². The summed E-state index contributed by atoms with van der Waals surface area (Å²) in [6.45, 7) is 0.547. The molecule has 0 spiro atoms. The molecule has 9 heteroatoms. The Hall–Kier alpha value is -3.36. The second-order valence-corrected chi connectivity index (χ2v) is 6.91. The van der Waals surface area contributed by atoms with E-state index in [-0.39, 0.29) is 17.7 Å². The van der Waals surface area contributed by atoms with Crippen molar-refractivity contribution in [1.29, 1.82) is 0 Å². The number of nitrogens with one attached hydrogen (secondary N) is 1. The Morgan fingerprint density at radius 3 is 2.48 bits per heavy atom. The van der Waals surface area contributed by atoms with Crippen LogP contribution in [0, 0.1) is 17.5 Å². The fraction of sp³-hybridized carbons (Fsp3) is 0.250. The topological polar surface area (TPSA) is 69.7 Å². The summed E-state index contributed by atoms with van der Waals surface area (Å²) in [5.74, 6) is -3.65. The fourth-order valence-electron chi connectivity index (χ4n) is 3.13. The van der Waals surface area contributed by atoms with Gasteiger partial charge in [-0.1, -0.05) is 18.2 Å². The van der Waals surface area contributed by atoms with E-state index in [1.165, 1.54) is 32.2 Å². The van der Waals surface area contributed by atoms with Gasteiger partial charge in [-0.25, -0.2) is 18.0 Å². The maximum Gasteiger partial charge on any atom is 0.325 e. The minimum atomic E-state index is -1.85. The highest BCUT2D eigenvalue weighted by Gasteiger charge is 2.51. The van der Waals surface area contributed by atoms with Crippen LogP contribution < -0.4 is 5.32 Å². The van der Waals surface area contributed by atoms with Gasteiger partial charge in [0.15, 0.2) is 0 Å². The maximum atomic E-state index is 14.2. The quantitative estimate of drug-likeness (QED) is 0.778. The third-order valence-electron chi connectivity index (χ3n) is 4.83. The van der Waals surface area contributed by atoms with E-state index in [9.17, 15) is 27.6 Å². The molecule has 0 aromatic heterocycles. The molecule has 1 saturated heterocycles. The summed E-state index contributed by atoms with van der Waals surface area (Å²) in [4.78, 5) is 39.3. The highest BCUT2D eigenvalue weighted by molar-refractivity contribution is 6.09. The standard InChI is InChI=1S/C20H18F3N3O3/c1-20(14-9-13(21)7-8-16(14)23)18(28)26(19(29)24-20)11-17(27)25(2)10-12-5-3-4-6-15(12)22/h3-9H,10-11H2,1-2H3,(H,24,29). The molecule has 4 amide bonds. The number of amides is 4. The summed E-state index contributed by atoms with van der Waals surface area (Å²) in [7, 11) is 1.40. The van der Waals surface area contributed by atoms with Crippen molar-refractivity contribution in [3.05, 3.63) is 71.0 Å². The lowest BCUT2D eigenvalue weighted by molar-refractivity contribution is -0.138. The van der Waals surface area contributed by atoms with E-state index in [0.717, 1.165) is 23.1 Å². The van der Waals surface area contributed by atoms with Crippen LogP contribution in [-0.2, 0) is 21.7 Å². The van der Waals surface area contributed by atoms with E-state index in [2.05, 4.69) is 5.32 Å². The molecule has 3 rings (SSSR count). The molecule has 1 atom stereocenters. The number of benzene rings is 2. The van der Waals surface area contributed by atoms with E-state index in [0.29, 0.717) is 4.90 Å². The van der Waals surface area contributed by atoms with Crippen LogP contribution in [0.25, 0.3) is 0 Å². The van der Waals surface area contributed by atoms with Crippen LogP contribution in [0.5, 0.6) is 0 Å². The van der Waals surface area contributed by atoms with Gasteiger partial charge in [-0.3, -0.25) is 14.5 Å². The highest BCUT2D eigenvalue weighted by Crippen LogP contribution is 2.31. The van der Waals surface area contributed by atoms with Crippen molar-refractivity contribution >= 4 is 17.8 Å². The average Bonchev–Trinajstić information content (AvgIpc) is 2.89. The molecule has 0 aliphatic carbocycles. The second-order valence-electron chi connectivity index (χ2n) is 6.91. The molecule has 1 fully saturated rings. The number of urea groups is 1. The Morgan fingerprint density at radius 2 is 1.79 bits per heavy atom. The molecular formula is C20H18F3N3O3. The van der Waals surface area contributed by atoms with Gasteiger partial charge < -0.3 is 10.2 Å². The predicted molar refractivity (Wildman–Crippen MR) is 96.8 cm³/mol. The summed E-state index contributed by atoms with van der Waals surface area (Å²) in [5, 5.41) is 2.32. The SMILES string of the molecule is CN(Cc1ccccc1F)C(=O)CN1C(=O)NC(C)(c2cc(F)ccc2F)C1=O. The van der Waals surface area contributed by atoms with Crippen LogP contribution in [-0.4, -0.2) is 41.2 Å². The van der Waals surface area contributed by atoms with Gasteiger partial charge >= 0.3 is 6.03 Å². The van der Waals surface area contributed by atoms with Gasteiger partial charge in [-0.2, -0.15) is 0 Å². The van der Waals surface area contributed by atoms with Gasteiger partial charge in [-0.15, -0.1) is 0 Å². The lowest BCUT2D eigenvalue weighted by Crippen LogP contribution is -2.44. The number of carbonyl (C=O) groups excluding carboxylic acids is 3. The molecule has 1 aliphatic rings. The molecule has 1 aliphatic heterocycles. The molecule has 1 N–H and O–H groups in total. The van der Waals surface area contributed by atoms with Gasteiger partial charge in [0.1, 0.15) is 29.5 Å². The molecule has 152 valence electrons. The molecule has 2 aromatic carbocycles. The van der Waals surface area contributed by atoms with Crippen molar-refractivity contribution in [2.45, 2.75) is 19.0 Å². The summed E-state index contributed by atoms with van der Waals surface area (Å²) in [5.41, 5.74) is -1.93. The number of halogens is 3. The molecule has 0 radical (unpaired) electrons. The smallest absolute Gasteiger partial charge is 0.325 e. The molecule has 29 heavy (non-hydrogen) atoms. The highest BCUT2D eigenvalue weighted by atomic mass is 19.1. The van der Waals surface area contributed by atoms with Crippen molar-refractivity contribution in [3.8, 4) is 0 Å². The first kappa shape index (κ1) is 20.4. The first-order chi connectivity index (χ1) is 13.6. The Kier molecular flexibility index (Phi) is 5.32. The minimum Gasteiger partial charge on any atom is -0.340 e. The van der Waals surface area contributed by atoms with Crippen molar-refractivity contribution in [3.63, 3.8) is 0 Å². The molecule has 0 bridgehead atoms. The van der Waals surface area contributed by atoms with Crippen LogP contribution in [0.4, 0.5) is 18.0 Å². The van der Waals surface area contributed by atoms with Crippen molar-refractivity contribution < 1.29 is 27.6 Å². The number of rotatable bonds is 5. The third kappa shape index (κ3) is 3.80. The van der Waals surface area contributed by atoms with E-state index in [1.54, 1.807) is 6.07 Å². The summed E-state index contributed by atoms with van der Waals surface area (Å²) in [6, 6.07) is 7.55. The van der Waals surface area contributed by atoms with Crippen molar-refractivity contribution in [2.24, 2.45) is 0 Å². The number of nitrogens with zero attached hydrogens (tertiary/aromatic N) is 2. The van der Waals surface area contributed by atoms with Crippen molar-refractivity contribution in [2.75, 3.05) is 13.6 Å². The Bertz CT molecular complexity index is 998. The molecular weight excluding hydrogens is 387 g/mol. The Labute approximate surface area is 164 Å². The number of carbonyl (C=O) groups is 3. The van der Waals surface area contributed by atoms with E-state index in [1.807, 2.05) is 0 Å². The van der Waals surface area contributed by atoms with Crippen LogP contribution >= 0.6 is 0 Å². The van der Waals surface area contributed by atoms with Crippen LogP contribution in [0.1, 0.15) is 18.1 Å². The molecule has 1 heterocycles. The number of hydrogen-bond donors (Lipinski definition) is 1. The molecule has 6 nitrogen and oxygen atoms in total. The summed E-state index contributed by atoms with van der Waals surface area (Å²) < 4.78 is 41.5. The van der Waals surface area contributed by atoms with Crippen LogP contribution in [0.15, 0.2) is 42.5 Å². The van der Waals surface area contributed by atoms with Crippen molar-refractivity contribution in [1.82, 2.24) is 15.1 Å². The summed E-state index contributed by atoms with van der Waals surface area (Å²) >= 11 is 0. The Balaban J connectivity index is 1.77. The van der Waals surface area contributed by atoms with E-state index in [4.69, 9.17) is 0 Å². The lowest BCUT2D eigenvalue weighted by atomic mass is 9.91. The maximum absolute atomic E-state index is 14.2. The third-order valence-corrected chi connectivity index (χ3v) is 4.83. The minimum absolute atomic E-state index is 0.0645. The van der Waals surface area contributed by atoms with Crippen LogP contribution in [0.3, 0.4) is 0 Å². The zero-order valence-electron chi connectivity index (χ0n) is 15.7. The van der Waals surface area contributed by atoms with Gasteiger partial charge in [0.25, 0.3) is 5.91 Å². The first-order valence-electron chi connectivity index (χ1n) is 8.70.